The maximum Gasteiger partial charge on any atom is 0.282 e. The molecule has 1 aliphatic rings. The average molecular weight is 247 g/mol. The zero-order valence-electron chi connectivity index (χ0n) is 8.80. The fourth-order valence-corrected chi connectivity index (χ4v) is 1.74. The summed E-state index contributed by atoms with van der Waals surface area (Å²) in [5, 5.41) is 3.36. The van der Waals surface area contributed by atoms with Crippen LogP contribution in [0.3, 0.4) is 0 Å². The Morgan fingerprint density at radius 3 is 2.44 bits per heavy atom. The monoisotopic (exact) mass is 246 g/mol. The summed E-state index contributed by atoms with van der Waals surface area (Å²) >= 11 is 0. The Labute approximate surface area is 97.5 Å². The molecule has 0 aromatic carbocycles. The van der Waals surface area contributed by atoms with Crippen molar-refractivity contribution < 1.29 is 24.8 Å². The van der Waals surface area contributed by atoms with E-state index < -0.39 is 10.8 Å². The number of hydrogen-bond acceptors (Lipinski definition) is 5. The third-order valence-corrected chi connectivity index (χ3v) is 2.45. The summed E-state index contributed by atoms with van der Waals surface area (Å²) in [5.41, 5.74) is 1.26. The first kappa shape index (κ1) is 13.3. The Morgan fingerprint density at radius 1 is 1.31 bits per heavy atom. The van der Waals surface area contributed by atoms with E-state index in [9.17, 15) is 0 Å². The number of pyridine rings is 1. The van der Waals surface area contributed by atoms with Crippen LogP contribution in [0.4, 0.5) is 0 Å². The Bertz CT molecular complexity index is 276. The molecule has 90 valence electrons. The molecule has 1 saturated heterocycles. The van der Waals surface area contributed by atoms with Gasteiger partial charge in [0.1, 0.15) is 0 Å². The van der Waals surface area contributed by atoms with E-state index in [0.717, 1.165) is 13.1 Å². The molecule has 2 heterocycles. The third-order valence-electron chi connectivity index (χ3n) is 2.45. The highest BCUT2D eigenvalue weighted by molar-refractivity contribution is 5.10. The molecule has 1 fully saturated rings. The molecule has 2 N–H and O–H groups in total. The lowest BCUT2D eigenvalue weighted by Gasteiger charge is -2.21. The molecule has 0 amide bonds. The van der Waals surface area contributed by atoms with Crippen molar-refractivity contribution in [3.8, 4) is 0 Å². The van der Waals surface area contributed by atoms with E-state index >= 15 is 0 Å². The molecule has 2 rings (SSSR count). The van der Waals surface area contributed by atoms with E-state index in [1.54, 1.807) is 0 Å². The topological polar surface area (TPSA) is 91.3 Å². The maximum absolute atomic E-state index is 8.52. The van der Waals surface area contributed by atoms with Crippen LogP contribution in [0.25, 0.3) is 0 Å². The van der Waals surface area contributed by atoms with Crippen LogP contribution in [0.5, 0.6) is 0 Å². The molecule has 0 aliphatic carbocycles. The minimum Gasteiger partial charge on any atom is -0.321 e. The van der Waals surface area contributed by atoms with Crippen LogP contribution in [0.1, 0.15) is 24.5 Å². The minimum atomic E-state index is -2.60. The van der Waals surface area contributed by atoms with E-state index in [1.165, 1.54) is 18.5 Å². The van der Waals surface area contributed by atoms with Gasteiger partial charge in [0.05, 0.1) is 0 Å². The summed E-state index contributed by atoms with van der Waals surface area (Å²) in [5.74, 6) is 0.687. The smallest absolute Gasteiger partial charge is 0.282 e. The number of aromatic nitrogens is 1. The van der Waals surface area contributed by atoms with Gasteiger partial charge in [-0.05, 0) is 38.1 Å². The van der Waals surface area contributed by atoms with Crippen molar-refractivity contribution in [3.63, 3.8) is 0 Å². The van der Waals surface area contributed by atoms with Crippen molar-refractivity contribution in [1.82, 2.24) is 10.3 Å². The third kappa shape index (κ3) is 5.39. The first-order valence-electron chi connectivity index (χ1n) is 5.06. The van der Waals surface area contributed by atoms with Crippen molar-refractivity contribution in [2.45, 2.75) is 18.8 Å². The summed E-state index contributed by atoms with van der Waals surface area (Å²) in [7, 11) is -2.60. The van der Waals surface area contributed by atoms with Gasteiger partial charge in [0.2, 0.25) is 0 Å². The van der Waals surface area contributed by atoms with Crippen LogP contribution in [0, 0.1) is 10.8 Å². The van der Waals surface area contributed by atoms with Gasteiger partial charge in [-0.1, -0.05) is 6.07 Å². The van der Waals surface area contributed by atoms with Crippen LogP contribution in [0.15, 0.2) is 24.4 Å². The fourth-order valence-electron chi connectivity index (χ4n) is 1.74. The first-order chi connectivity index (χ1) is 7.70. The van der Waals surface area contributed by atoms with E-state index in [0.29, 0.717) is 5.92 Å². The highest BCUT2D eigenvalue weighted by atomic mass is 35.6. The zero-order valence-corrected chi connectivity index (χ0v) is 9.56. The van der Waals surface area contributed by atoms with Crippen LogP contribution >= 0.6 is 0 Å². The molecule has 16 heavy (non-hydrogen) atoms. The van der Waals surface area contributed by atoms with Gasteiger partial charge < -0.3 is 14.6 Å². The predicted molar refractivity (Wildman–Crippen MR) is 51.3 cm³/mol. The lowest BCUT2D eigenvalue weighted by atomic mass is 9.94. The highest BCUT2D eigenvalue weighted by Crippen LogP contribution is 2.22. The lowest BCUT2D eigenvalue weighted by Crippen LogP contribution is -2.30. The Hall–Kier alpha value is -0.720. The number of halogens is 1. The Balaban J connectivity index is 0.000000280. The van der Waals surface area contributed by atoms with Crippen molar-refractivity contribution in [2.75, 3.05) is 13.1 Å². The summed E-state index contributed by atoms with van der Waals surface area (Å²) in [6, 6.07) is 6.19. The van der Waals surface area contributed by atoms with E-state index in [4.69, 9.17) is 14.0 Å². The van der Waals surface area contributed by atoms with Gasteiger partial charge in [0, 0.05) is 22.5 Å². The quantitative estimate of drug-likeness (QED) is 0.637. The number of hydrogen-bond donors (Lipinski definition) is 2. The SMILES string of the molecule is [O-][Cl+2]([O-])O.c1ccc(C2CCNCC2)nc1. The summed E-state index contributed by atoms with van der Waals surface area (Å²) in [6.45, 7) is 2.28. The van der Waals surface area contributed by atoms with Gasteiger partial charge in [-0.15, -0.1) is 0 Å². The molecule has 0 bridgehead atoms. The summed E-state index contributed by atoms with van der Waals surface area (Å²) < 4.78 is 24.0. The van der Waals surface area contributed by atoms with Gasteiger partial charge in [-0.25, -0.2) is 0 Å². The zero-order chi connectivity index (χ0) is 11.8. The second-order valence-corrected chi connectivity index (χ2v) is 3.88. The number of nitrogens with zero attached hydrogens (tertiary/aromatic N) is 1. The molecule has 1 aromatic rings. The summed E-state index contributed by atoms with van der Waals surface area (Å²) in [4.78, 5) is 4.37. The number of nitrogens with one attached hydrogen (secondary N) is 1. The second kappa shape index (κ2) is 7.54. The average Bonchev–Trinajstić information content (AvgIpc) is 2.31. The normalized spacial score (nSPS) is 16.8. The second-order valence-electron chi connectivity index (χ2n) is 3.48. The van der Waals surface area contributed by atoms with Crippen LogP contribution in [-0.2, 0) is 0 Å². The molecular weight excluding hydrogens is 232 g/mol. The Kier molecular flexibility index (Phi) is 6.29. The van der Waals surface area contributed by atoms with Crippen molar-refractivity contribution >= 4 is 0 Å². The molecular formula is C10H15ClN2O3. The molecule has 1 aliphatic heterocycles. The number of piperidine rings is 1. The minimum absolute atomic E-state index is 0.687. The molecule has 5 nitrogen and oxygen atoms in total. The predicted octanol–water partition coefficient (Wildman–Crippen LogP) is -1.39. The van der Waals surface area contributed by atoms with Crippen molar-refractivity contribution in [2.24, 2.45) is 0 Å². The van der Waals surface area contributed by atoms with E-state index in [-0.39, 0.29) is 0 Å². The highest BCUT2D eigenvalue weighted by Gasteiger charge is 2.15. The molecule has 0 radical (unpaired) electrons. The van der Waals surface area contributed by atoms with E-state index in [1.807, 2.05) is 12.3 Å². The standard InChI is InChI=1S/C10H14N2.ClHO3/c1-2-6-12-10(3-1)9-4-7-11-8-5-9;2-1(3)4/h1-3,6,9,11H,4-5,7-8H2;2H. The van der Waals surface area contributed by atoms with Crippen molar-refractivity contribution in [3.05, 3.63) is 30.1 Å². The molecule has 6 heteroatoms. The molecule has 0 spiro atoms. The van der Waals surface area contributed by atoms with Crippen LogP contribution < -0.4 is 14.6 Å². The Morgan fingerprint density at radius 2 is 1.94 bits per heavy atom. The maximum atomic E-state index is 8.52. The molecule has 0 saturated carbocycles. The van der Waals surface area contributed by atoms with Gasteiger partial charge in [-0.3, -0.25) is 4.98 Å². The van der Waals surface area contributed by atoms with Crippen molar-refractivity contribution in [1.29, 1.82) is 0 Å². The van der Waals surface area contributed by atoms with E-state index in [2.05, 4.69) is 22.4 Å². The lowest BCUT2D eigenvalue weighted by molar-refractivity contribution is -1.63. The van der Waals surface area contributed by atoms with Crippen LogP contribution in [0.2, 0.25) is 0 Å². The van der Waals surface area contributed by atoms with Gasteiger partial charge >= 0.3 is 0 Å². The molecule has 1 aromatic heterocycles. The van der Waals surface area contributed by atoms with Gasteiger partial charge in [-0.2, -0.15) is 0 Å². The largest absolute Gasteiger partial charge is 0.321 e. The molecule has 0 unspecified atom stereocenters. The summed E-state index contributed by atoms with van der Waals surface area (Å²) in [6.07, 6.45) is 4.35. The fraction of sp³-hybridized carbons (Fsp3) is 0.500. The van der Waals surface area contributed by atoms with Crippen LogP contribution in [-0.4, -0.2) is 22.7 Å². The van der Waals surface area contributed by atoms with Gasteiger partial charge in [0.25, 0.3) is 10.8 Å². The number of rotatable bonds is 1. The first-order valence-corrected chi connectivity index (χ1v) is 6.02. The molecule has 0 atom stereocenters. The van der Waals surface area contributed by atoms with Gasteiger partial charge in [0.15, 0.2) is 0 Å².